The van der Waals surface area contributed by atoms with Gasteiger partial charge in [0, 0.05) is 19.8 Å². The van der Waals surface area contributed by atoms with Crippen molar-refractivity contribution in [2.24, 2.45) is 5.73 Å². The summed E-state index contributed by atoms with van der Waals surface area (Å²) in [5.41, 5.74) is 7.88. The van der Waals surface area contributed by atoms with Gasteiger partial charge in [0.1, 0.15) is 0 Å². The molecule has 0 aliphatic carbocycles. The molecule has 0 spiro atoms. The summed E-state index contributed by atoms with van der Waals surface area (Å²) in [4.78, 5) is 0. The van der Waals surface area contributed by atoms with Gasteiger partial charge in [0.2, 0.25) is 0 Å². The number of ether oxygens (including phenoxy) is 2. The van der Waals surface area contributed by atoms with Crippen LogP contribution >= 0.6 is 0 Å². The third kappa shape index (κ3) is 4.86. The second-order valence-corrected chi connectivity index (χ2v) is 4.14. The van der Waals surface area contributed by atoms with Crippen LogP contribution in [-0.4, -0.2) is 20.8 Å². The molecule has 2 N–H and O–H groups in total. The molecule has 0 aliphatic rings. The Balaban J connectivity index is 2.44. The number of aryl methyl sites for hydroxylation is 1. The Labute approximate surface area is 104 Å². The summed E-state index contributed by atoms with van der Waals surface area (Å²) in [6.45, 7) is 0.794. The maximum atomic E-state index is 5.46. The SMILES string of the molecule is COC(OC)c1ccc(CCCCCN)cc1. The summed E-state index contributed by atoms with van der Waals surface area (Å²) in [7, 11) is 3.30. The Morgan fingerprint density at radius 3 is 2.18 bits per heavy atom. The molecule has 0 unspecified atom stereocenters. The van der Waals surface area contributed by atoms with E-state index in [-0.39, 0.29) is 6.29 Å². The first-order valence-corrected chi connectivity index (χ1v) is 6.16. The minimum atomic E-state index is -0.263. The van der Waals surface area contributed by atoms with Crippen LogP contribution in [0.2, 0.25) is 0 Å². The summed E-state index contributed by atoms with van der Waals surface area (Å²) < 4.78 is 10.4. The van der Waals surface area contributed by atoms with Crippen LogP contribution < -0.4 is 5.73 Å². The van der Waals surface area contributed by atoms with E-state index in [2.05, 4.69) is 24.3 Å². The number of unbranched alkanes of at least 4 members (excludes halogenated alkanes) is 2. The molecule has 0 aliphatic heterocycles. The lowest BCUT2D eigenvalue weighted by Crippen LogP contribution is -2.03. The zero-order valence-electron chi connectivity index (χ0n) is 10.8. The van der Waals surface area contributed by atoms with Gasteiger partial charge in [-0.25, -0.2) is 0 Å². The van der Waals surface area contributed by atoms with Crippen LogP contribution in [0.3, 0.4) is 0 Å². The van der Waals surface area contributed by atoms with Crippen molar-refractivity contribution in [1.82, 2.24) is 0 Å². The topological polar surface area (TPSA) is 44.5 Å². The fourth-order valence-corrected chi connectivity index (χ4v) is 1.86. The number of hydrogen-bond acceptors (Lipinski definition) is 3. The molecule has 0 atom stereocenters. The Morgan fingerprint density at radius 2 is 1.65 bits per heavy atom. The third-order valence-corrected chi connectivity index (χ3v) is 2.85. The highest BCUT2D eigenvalue weighted by Gasteiger charge is 2.07. The van der Waals surface area contributed by atoms with Gasteiger partial charge in [0.05, 0.1) is 0 Å². The lowest BCUT2D eigenvalue weighted by atomic mass is 10.0. The fourth-order valence-electron chi connectivity index (χ4n) is 1.86. The van der Waals surface area contributed by atoms with E-state index in [1.165, 1.54) is 18.4 Å². The van der Waals surface area contributed by atoms with Crippen LogP contribution in [0, 0.1) is 0 Å². The van der Waals surface area contributed by atoms with Crippen molar-refractivity contribution in [1.29, 1.82) is 0 Å². The predicted octanol–water partition coefficient (Wildman–Crippen LogP) is 2.65. The van der Waals surface area contributed by atoms with Gasteiger partial charge in [-0.1, -0.05) is 30.7 Å². The molecule has 1 rings (SSSR count). The predicted molar refractivity (Wildman–Crippen MR) is 69.8 cm³/mol. The van der Waals surface area contributed by atoms with E-state index >= 15 is 0 Å². The average Bonchev–Trinajstić information content (AvgIpc) is 2.38. The van der Waals surface area contributed by atoms with Crippen molar-refractivity contribution >= 4 is 0 Å². The van der Waals surface area contributed by atoms with Crippen molar-refractivity contribution in [2.75, 3.05) is 20.8 Å². The monoisotopic (exact) mass is 237 g/mol. The summed E-state index contributed by atoms with van der Waals surface area (Å²) >= 11 is 0. The van der Waals surface area contributed by atoms with Crippen LogP contribution in [0.1, 0.15) is 36.7 Å². The fraction of sp³-hybridized carbons (Fsp3) is 0.571. The van der Waals surface area contributed by atoms with Gasteiger partial charge in [0.25, 0.3) is 0 Å². The molecule has 3 heteroatoms. The largest absolute Gasteiger partial charge is 0.352 e. The smallest absolute Gasteiger partial charge is 0.183 e. The van der Waals surface area contributed by atoms with Crippen LogP contribution in [-0.2, 0) is 15.9 Å². The summed E-state index contributed by atoms with van der Waals surface area (Å²) in [6, 6.07) is 8.41. The molecule has 1 aromatic carbocycles. The van der Waals surface area contributed by atoms with E-state index in [9.17, 15) is 0 Å². The van der Waals surface area contributed by atoms with Gasteiger partial charge in [-0.2, -0.15) is 0 Å². The van der Waals surface area contributed by atoms with Crippen molar-refractivity contribution in [3.63, 3.8) is 0 Å². The molecular formula is C14H23NO2. The maximum Gasteiger partial charge on any atom is 0.183 e. The van der Waals surface area contributed by atoms with Gasteiger partial charge in [-0.15, -0.1) is 0 Å². The lowest BCUT2D eigenvalue weighted by molar-refractivity contribution is -0.106. The molecule has 3 nitrogen and oxygen atoms in total. The molecule has 1 aromatic rings. The molecule has 0 saturated carbocycles. The number of methoxy groups -OCH3 is 2. The van der Waals surface area contributed by atoms with Gasteiger partial charge in [-0.3, -0.25) is 0 Å². The van der Waals surface area contributed by atoms with Crippen LogP contribution in [0.25, 0.3) is 0 Å². The highest BCUT2D eigenvalue weighted by molar-refractivity contribution is 5.23. The van der Waals surface area contributed by atoms with Crippen molar-refractivity contribution in [2.45, 2.75) is 32.0 Å². The van der Waals surface area contributed by atoms with E-state index in [1.54, 1.807) is 14.2 Å². The normalized spacial score (nSPS) is 11.1. The van der Waals surface area contributed by atoms with Crippen LogP contribution in [0.5, 0.6) is 0 Å². The van der Waals surface area contributed by atoms with Gasteiger partial charge in [0.15, 0.2) is 6.29 Å². The number of benzene rings is 1. The van der Waals surface area contributed by atoms with E-state index in [4.69, 9.17) is 15.2 Å². The molecule has 0 heterocycles. The van der Waals surface area contributed by atoms with Gasteiger partial charge < -0.3 is 15.2 Å². The first-order chi connectivity index (χ1) is 8.31. The van der Waals surface area contributed by atoms with Crippen LogP contribution in [0.15, 0.2) is 24.3 Å². The zero-order chi connectivity index (χ0) is 12.5. The first-order valence-electron chi connectivity index (χ1n) is 6.16. The summed E-state index contributed by atoms with van der Waals surface area (Å²) in [5, 5.41) is 0. The van der Waals surface area contributed by atoms with E-state index in [1.807, 2.05) is 0 Å². The molecule has 96 valence electrons. The number of hydrogen-bond donors (Lipinski definition) is 1. The molecule has 0 fully saturated rings. The molecule has 0 saturated heterocycles. The molecule has 0 bridgehead atoms. The highest BCUT2D eigenvalue weighted by Crippen LogP contribution is 2.18. The van der Waals surface area contributed by atoms with Crippen molar-refractivity contribution in [3.05, 3.63) is 35.4 Å². The quantitative estimate of drug-likeness (QED) is 0.558. The maximum absolute atomic E-state index is 5.46. The second kappa shape index (κ2) is 8.23. The van der Waals surface area contributed by atoms with Gasteiger partial charge >= 0.3 is 0 Å². The molecule has 0 radical (unpaired) electrons. The van der Waals surface area contributed by atoms with E-state index < -0.39 is 0 Å². The van der Waals surface area contributed by atoms with Gasteiger partial charge in [-0.05, 0) is 31.4 Å². The molecule has 0 amide bonds. The number of nitrogens with two attached hydrogens (primary N) is 1. The van der Waals surface area contributed by atoms with Crippen LogP contribution in [0.4, 0.5) is 0 Å². The first kappa shape index (κ1) is 14.2. The Bertz CT molecular complexity index is 294. The van der Waals surface area contributed by atoms with Crippen molar-refractivity contribution in [3.8, 4) is 0 Å². The standard InChI is InChI=1S/C14H23NO2/c1-16-14(17-2)13-9-7-12(8-10-13)6-4-3-5-11-15/h7-10,14H,3-6,11,15H2,1-2H3. The van der Waals surface area contributed by atoms with E-state index in [0.29, 0.717) is 0 Å². The minimum Gasteiger partial charge on any atom is -0.352 e. The third-order valence-electron chi connectivity index (χ3n) is 2.85. The zero-order valence-corrected chi connectivity index (χ0v) is 10.8. The number of rotatable bonds is 8. The molecular weight excluding hydrogens is 214 g/mol. The van der Waals surface area contributed by atoms with E-state index in [0.717, 1.165) is 24.9 Å². The second-order valence-electron chi connectivity index (χ2n) is 4.14. The highest BCUT2D eigenvalue weighted by atomic mass is 16.7. The Morgan fingerprint density at radius 1 is 1.00 bits per heavy atom. The summed E-state index contributed by atoms with van der Waals surface area (Å²) in [6.07, 6.45) is 4.38. The molecule has 0 aromatic heterocycles. The summed E-state index contributed by atoms with van der Waals surface area (Å²) in [5.74, 6) is 0. The van der Waals surface area contributed by atoms with Crippen molar-refractivity contribution < 1.29 is 9.47 Å². The average molecular weight is 237 g/mol. The Hall–Kier alpha value is -0.900. The minimum absolute atomic E-state index is 0.263. The lowest BCUT2D eigenvalue weighted by Gasteiger charge is -2.13. The molecule has 17 heavy (non-hydrogen) atoms. The Kier molecular flexibility index (Phi) is 6.86.